The Morgan fingerprint density at radius 2 is 1.82 bits per heavy atom. The van der Waals surface area contributed by atoms with E-state index in [4.69, 9.17) is 0 Å². The molecule has 0 saturated carbocycles. The van der Waals surface area contributed by atoms with Gasteiger partial charge in [0.15, 0.2) is 0 Å². The van der Waals surface area contributed by atoms with Crippen LogP contribution in [-0.4, -0.2) is 0 Å². The van der Waals surface area contributed by atoms with E-state index >= 15 is 0 Å². The second-order valence-corrected chi connectivity index (χ2v) is 4.87. The van der Waals surface area contributed by atoms with Crippen molar-refractivity contribution in [1.29, 1.82) is 0 Å². The molecule has 17 heavy (non-hydrogen) atoms. The zero-order valence-electron chi connectivity index (χ0n) is 10.3. The van der Waals surface area contributed by atoms with Crippen molar-refractivity contribution < 1.29 is 0 Å². The van der Waals surface area contributed by atoms with Gasteiger partial charge in [0.2, 0.25) is 0 Å². The number of nitrogens with one attached hydrogen (secondary N) is 1. The molecule has 0 aromatic heterocycles. The molecule has 0 spiro atoms. The summed E-state index contributed by atoms with van der Waals surface area (Å²) in [4.78, 5) is 0. The van der Waals surface area contributed by atoms with E-state index in [0.29, 0.717) is 6.04 Å². The maximum atomic E-state index is 3.60. The van der Waals surface area contributed by atoms with Crippen LogP contribution >= 0.6 is 0 Å². The van der Waals surface area contributed by atoms with Gasteiger partial charge in [0.1, 0.15) is 0 Å². The Balaban J connectivity index is 2.07. The first kappa shape index (κ1) is 10.5. The Morgan fingerprint density at radius 3 is 2.65 bits per heavy atom. The third-order valence-electron chi connectivity index (χ3n) is 3.60. The summed E-state index contributed by atoms with van der Waals surface area (Å²) < 4.78 is 0. The topological polar surface area (TPSA) is 12.0 Å². The Labute approximate surface area is 102 Å². The van der Waals surface area contributed by atoms with E-state index in [1.165, 1.54) is 27.8 Å². The summed E-state index contributed by atoms with van der Waals surface area (Å²) in [7, 11) is 0. The van der Waals surface area contributed by atoms with Crippen molar-refractivity contribution in [1.82, 2.24) is 5.32 Å². The van der Waals surface area contributed by atoms with Gasteiger partial charge in [-0.1, -0.05) is 48.0 Å². The molecule has 1 nitrogen and oxygen atoms in total. The second kappa shape index (κ2) is 4.01. The first-order valence-electron chi connectivity index (χ1n) is 6.14. The van der Waals surface area contributed by atoms with Gasteiger partial charge in [-0.25, -0.2) is 0 Å². The molecule has 1 aliphatic rings. The first-order valence-corrected chi connectivity index (χ1v) is 6.14. The molecular weight excluding hydrogens is 206 g/mol. The predicted octanol–water partition coefficient (Wildman–Crippen LogP) is 3.50. The lowest BCUT2D eigenvalue weighted by atomic mass is 9.94. The monoisotopic (exact) mass is 223 g/mol. The minimum absolute atomic E-state index is 0.367. The zero-order chi connectivity index (χ0) is 11.8. The Hall–Kier alpha value is -1.60. The van der Waals surface area contributed by atoms with Crippen LogP contribution in [0.25, 0.3) is 0 Å². The summed E-state index contributed by atoms with van der Waals surface area (Å²) in [5.74, 6) is 0. The van der Waals surface area contributed by atoms with E-state index in [9.17, 15) is 0 Å². The molecule has 0 saturated heterocycles. The third kappa shape index (κ3) is 1.77. The van der Waals surface area contributed by atoms with Crippen LogP contribution in [0.4, 0.5) is 0 Å². The quantitative estimate of drug-likeness (QED) is 0.780. The molecule has 0 amide bonds. The van der Waals surface area contributed by atoms with Crippen molar-refractivity contribution in [3.8, 4) is 0 Å². The minimum Gasteiger partial charge on any atom is -0.302 e. The molecule has 86 valence electrons. The Bertz CT molecular complexity index is 557. The van der Waals surface area contributed by atoms with E-state index in [0.717, 1.165) is 6.54 Å². The fourth-order valence-corrected chi connectivity index (χ4v) is 2.73. The number of benzene rings is 2. The molecule has 1 atom stereocenters. The fourth-order valence-electron chi connectivity index (χ4n) is 2.73. The van der Waals surface area contributed by atoms with Crippen LogP contribution < -0.4 is 5.32 Å². The average Bonchev–Trinajstić information content (AvgIpc) is 2.73. The highest BCUT2D eigenvalue weighted by atomic mass is 14.9. The molecule has 1 unspecified atom stereocenters. The number of hydrogen-bond acceptors (Lipinski definition) is 1. The number of aryl methyl sites for hydroxylation is 2. The van der Waals surface area contributed by atoms with Gasteiger partial charge in [-0.2, -0.15) is 0 Å². The molecule has 0 bridgehead atoms. The molecule has 0 aliphatic carbocycles. The summed E-state index contributed by atoms with van der Waals surface area (Å²) in [5.41, 5.74) is 6.97. The average molecular weight is 223 g/mol. The first-order chi connectivity index (χ1) is 8.25. The molecule has 1 aliphatic heterocycles. The highest BCUT2D eigenvalue weighted by Gasteiger charge is 2.23. The number of hydrogen-bond donors (Lipinski definition) is 1. The van der Waals surface area contributed by atoms with Crippen LogP contribution in [0.5, 0.6) is 0 Å². The largest absolute Gasteiger partial charge is 0.302 e. The van der Waals surface area contributed by atoms with Gasteiger partial charge in [0.05, 0.1) is 6.04 Å². The molecule has 3 rings (SSSR count). The van der Waals surface area contributed by atoms with Crippen LogP contribution in [0, 0.1) is 13.8 Å². The summed E-state index contributed by atoms with van der Waals surface area (Å²) in [6.45, 7) is 5.33. The Kier molecular flexibility index (Phi) is 2.49. The van der Waals surface area contributed by atoms with Gasteiger partial charge >= 0.3 is 0 Å². The third-order valence-corrected chi connectivity index (χ3v) is 3.60. The van der Waals surface area contributed by atoms with Gasteiger partial charge in [-0.15, -0.1) is 0 Å². The van der Waals surface area contributed by atoms with E-state index in [-0.39, 0.29) is 0 Å². The van der Waals surface area contributed by atoms with Gasteiger partial charge in [-0.05, 0) is 36.1 Å². The number of rotatable bonds is 1. The normalized spacial score (nSPS) is 18.1. The molecule has 1 heteroatoms. The molecule has 2 aromatic carbocycles. The van der Waals surface area contributed by atoms with Gasteiger partial charge in [0.25, 0.3) is 0 Å². The van der Waals surface area contributed by atoms with Crippen LogP contribution in [0.15, 0.2) is 42.5 Å². The van der Waals surface area contributed by atoms with Crippen molar-refractivity contribution >= 4 is 0 Å². The minimum atomic E-state index is 0.367. The molecule has 1 N–H and O–H groups in total. The highest BCUT2D eigenvalue weighted by molar-refractivity contribution is 5.44. The van der Waals surface area contributed by atoms with E-state index < -0.39 is 0 Å². The van der Waals surface area contributed by atoms with E-state index in [1.807, 2.05) is 0 Å². The van der Waals surface area contributed by atoms with Gasteiger partial charge in [-0.3, -0.25) is 0 Å². The summed E-state index contributed by atoms with van der Waals surface area (Å²) in [5, 5.41) is 3.60. The van der Waals surface area contributed by atoms with Crippen LogP contribution in [-0.2, 0) is 6.54 Å². The lowest BCUT2D eigenvalue weighted by Crippen LogP contribution is -2.14. The molecule has 1 heterocycles. The van der Waals surface area contributed by atoms with Gasteiger partial charge < -0.3 is 5.32 Å². The smallest absolute Gasteiger partial charge is 0.0585 e. The number of fused-ring (bicyclic) bond motifs is 1. The lowest BCUT2D eigenvalue weighted by Gasteiger charge is -2.16. The zero-order valence-corrected chi connectivity index (χ0v) is 10.3. The molecular formula is C16H17N. The van der Waals surface area contributed by atoms with Gasteiger partial charge in [0, 0.05) is 6.54 Å². The molecule has 0 fully saturated rings. The summed E-state index contributed by atoms with van der Waals surface area (Å²) in [6, 6.07) is 15.8. The van der Waals surface area contributed by atoms with Crippen molar-refractivity contribution in [2.75, 3.05) is 0 Å². The van der Waals surface area contributed by atoms with Crippen molar-refractivity contribution in [3.05, 3.63) is 70.3 Å². The maximum absolute atomic E-state index is 3.60. The summed E-state index contributed by atoms with van der Waals surface area (Å²) >= 11 is 0. The lowest BCUT2D eigenvalue weighted by molar-refractivity contribution is 0.663. The van der Waals surface area contributed by atoms with Crippen molar-refractivity contribution in [2.24, 2.45) is 0 Å². The van der Waals surface area contributed by atoms with Crippen molar-refractivity contribution in [3.63, 3.8) is 0 Å². The maximum Gasteiger partial charge on any atom is 0.0585 e. The highest BCUT2D eigenvalue weighted by Crippen LogP contribution is 2.32. The van der Waals surface area contributed by atoms with Crippen LogP contribution in [0.2, 0.25) is 0 Å². The van der Waals surface area contributed by atoms with E-state index in [1.54, 1.807) is 0 Å². The Morgan fingerprint density at radius 1 is 1.00 bits per heavy atom. The summed E-state index contributed by atoms with van der Waals surface area (Å²) in [6.07, 6.45) is 0. The van der Waals surface area contributed by atoms with E-state index in [2.05, 4.69) is 61.6 Å². The van der Waals surface area contributed by atoms with Crippen LogP contribution in [0.1, 0.15) is 33.9 Å². The van der Waals surface area contributed by atoms with Crippen LogP contribution in [0.3, 0.4) is 0 Å². The second-order valence-electron chi connectivity index (χ2n) is 4.87. The fraction of sp³-hybridized carbons (Fsp3) is 0.250. The SMILES string of the molecule is Cc1ccc(C2NCc3ccccc32)c(C)c1. The standard InChI is InChI=1S/C16H17N/c1-11-7-8-14(12(2)9-11)16-15-6-4-3-5-13(15)10-17-16/h3-9,16-17H,10H2,1-2H3. The van der Waals surface area contributed by atoms with Crippen molar-refractivity contribution in [2.45, 2.75) is 26.4 Å². The molecule has 0 radical (unpaired) electrons. The molecule has 2 aromatic rings. The predicted molar refractivity (Wildman–Crippen MR) is 71.0 cm³/mol.